The Kier molecular flexibility index (Phi) is 9.65. The number of amides is 1. The van der Waals surface area contributed by atoms with Crippen molar-refractivity contribution in [3.05, 3.63) is 94.7 Å². The maximum absolute atomic E-state index is 13.3. The highest BCUT2D eigenvalue weighted by Gasteiger charge is 2.35. The number of aliphatic carboxylic acids is 1. The number of carbonyl (C=O) groups is 2. The Morgan fingerprint density at radius 2 is 1.29 bits per heavy atom. The topological polar surface area (TPSA) is 171 Å². The van der Waals surface area contributed by atoms with Gasteiger partial charge in [0, 0.05) is 71.0 Å². The molecule has 11 rings (SSSR count). The molecule has 1 saturated heterocycles. The zero-order valence-electron chi connectivity index (χ0n) is 32.6. The van der Waals surface area contributed by atoms with Crippen molar-refractivity contribution in [1.82, 2.24) is 49.0 Å². The molecule has 3 N–H and O–H groups in total. The molecule has 0 radical (unpaired) electrons. The molecule has 8 aromatic heterocycles. The smallest absolute Gasteiger partial charge is 0.306 e. The minimum absolute atomic E-state index is 0.0696. The van der Waals surface area contributed by atoms with Crippen LogP contribution in [0.5, 0.6) is 0 Å². The van der Waals surface area contributed by atoms with Crippen LogP contribution in [-0.2, 0) is 35.3 Å². The molecule has 3 atom stereocenters. The molecule has 300 valence electrons. The van der Waals surface area contributed by atoms with E-state index in [0.717, 1.165) is 105 Å². The van der Waals surface area contributed by atoms with Crippen molar-refractivity contribution in [3.8, 4) is 0 Å². The van der Waals surface area contributed by atoms with E-state index in [2.05, 4.69) is 70.7 Å². The third-order valence-corrected chi connectivity index (χ3v) is 14.2. The standard InChI is InChI=1S/C24H27N7OS.C18H15N5O2S/c1-29(2)18-7-9-30(13-18)24(32)15-3-4-19-20(11-15)33-23-21(19)22(25-14-26-23)28-16-6-10-31-17(12-16)5-8-27-31;24-18(25)10-1-2-13-14(7-10)26-17-15(13)16(19-9-20-17)22-11-4-6-23-12(8-11)3-5-21-23/h5-6,8,10,12,14-15,18H,3-4,7,9,11,13H2,1-2H3,(H,25,26,28);3-6,8-10H,1-2,7H2,(H,24,25)(H,19,20,22)/t15-,18-;10-/m00/s1. The van der Waals surface area contributed by atoms with Crippen LogP contribution in [0.15, 0.2) is 73.8 Å². The van der Waals surface area contributed by atoms with Crippen LogP contribution in [0.25, 0.3) is 31.5 Å². The molecule has 0 bridgehead atoms. The van der Waals surface area contributed by atoms with Crippen molar-refractivity contribution in [2.24, 2.45) is 11.8 Å². The number of pyridine rings is 2. The van der Waals surface area contributed by atoms with Gasteiger partial charge in [-0.3, -0.25) is 9.59 Å². The number of carboxylic acids is 1. The first-order chi connectivity index (χ1) is 28.8. The molecule has 0 aromatic carbocycles. The molecule has 15 nitrogen and oxygen atoms in total. The quantitative estimate of drug-likeness (QED) is 0.157. The lowest BCUT2D eigenvalue weighted by molar-refractivity contribution is -0.142. The zero-order chi connectivity index (χ0) is 40.2. The average molecular weight is 827 g/mol. The summed E-state index contributed by atoms with van der Waals surface area (Å²) < 4.78 is 3.64. The summed E-state index contributed by atoms with van der Waals surface area (Å²) in [4.78, 5) is 51.2. The molecular formula is C42H42N12O3S2. The second kappa shape index (κ2) is 15.3. The lowest BCUT2D eigenvalue weighted by Crippen LogP contribution is -2.39. The lowest BCUT2D eigenvalue weighted by atomic mass is 9.87. The van der Waals surface area contributed by atoms with Crippen molar-refractivity contribution in [2.75, 3.05) is 37.8 Å². The molecule has 1 aliphatic heterocycles. The van der Waals surface area contributed by atoms with E-state index in [0.29, 0.717) is 24.8 Å². The zero-order valence-corrected chi connectivity index (χ0v) is 34.2. The number of likely N-dealkylation sites (tertiary alicyclic amines) is 1. The van der Waals surface area contributed by atoms with Crippen molar-refractivity contribution >= 4 is 89.0 Å². The summed E-state index contributed by atoms with van der Waals surface area (Å²) in [6.07, 6.45) is 16.2. The van der Waals surface area contributed by atoms with Crippen LogP contribution in [-0.4, -0.2) is 99.2 Å². The first-order valence-electron chi connectivity index (χ1n) is 19.8. The van der Waals surface area contributed by atoms with Crippen molar-refractivity contribution < 1.29 is 14.7 Å². The number of carbonyl (C=O) groups excluding carboxylic acids is 1. The van der Waals surface area contributed by atoms with Crippen molar-refractivity contribution in [2.45, 2.75) is 51.0 Å². The fourth-order valence-corrected chi connectivity index (χ4v) is 11.3. The molecule has 0 saturated carbocycles. The van der Waals surface area contributed by atoms with E-state index in [9.17, 15) is 14.7 Å². The van der Waals surface area contributed by atoms with Crippen LogP contribution >= 0.6 is 22.7 Å². The lowest BCUT2D eigenvalue weighted by Gasteiger charge is -2.27. The number of thiophene rings is 2. The molecule has 1 amide bonds. The highest BCUT2D eigenvalue weighted by molar-refractivity contribution is 7.19. The summed E-state index contributed by atoms with van der Waals surface area (Å²) in [7, 11) is 4.20. The highest BCUT2D eigenvalue weighted by Crippen LogP contribution is 2.42. The molecule has 8 aromatic rings. The van der Waals surface area contributed by atoms with E-state index in [-0.39, 0.29) is 11.8 Å². The maximum Gasteiger partial charge on any atom is 0.306 e. The minimum atomic E-state index is -0.716. The summed E-state index contributed by atoms with van der Waals surface area (Å²) in [6, 6.07) is 12.4. The first kappa shape index (κ1) is 37.2. The summed E-state index contributed by atoms with van der Waals surface area (Å²) in [5, 5.41) is 26.8. The second-order valence-electron chi connectivity index (χ2n) is 15.7. The van der Waals surface area contributed by atoms with Gasteiger partial charge in [0.05, 0.1) is 27.7 Å². The number of anilines is 4. The Balaban J connectivity index is 0.000000147. The number of rotatable bonds is 7. The van der Waals surface area contributed by atoms with Gasteiger partial charge < -0.3 is 25.5 Å². The van der Waals surface area contributed by atoms with Crippen molar-refractivity contribution in [1.29, 1.82) is 0 Å². The molecule has 0 spiro atoms. The molecule has 0 unspecified atom stereocenters. The fraction of sp³-hybridized carbons (Fsp3) is 0.333. The molecular weight excluding hydrogens is 785 g/mol. The third-order valence-electron chi connectivity index (χ3n) is 11.9. The Morgan fingerprint density at radius 1 is 0.746 bits per heavy atom. The largest absolute Gasteiger partial charge is 0.481 e. The molecule has 3 aliphatic rings. The summed E-state index contributed by atoms with van der Waals surface area (Å²) >= 11 is 3.29. The number of aryl methyl sites for hydroxylation is 2. The van der Waals surface area contributed by atoms with Crippen LogP contribution in [0, 0.1) is 11.8 Å². The molecule has 59 heavy (non-hydrogen) atoms. The number of nitrogens with zero attached hydrogens (tertiary/aromatic N) is 10. The van der Waals surface area contributed by atoms with Gasteiger partial charge in [0.1, 0.15) is 34.0 Å². The second-order valence-corrected chi connectivity index (χ2v) is 17.9. The number of hydrogen-bond acceptors (Lipinski definition) is 13. The first-order valence-corrected chi connectivity index (χ1v) is 21.5. The number of hydrogen-bond donors (Lipinski definition) is 3. The SMILES string of the molecule is CN(C)[C@H]1CCN(C(=O)[C@H]2CCc3c(sc4ncnc(Nc5ccn6nccc6c5)c34)C2)C1.O=C(O)[C@H]1CCc2c(sc3ncnc(Nc4ccn5nccc5c4)c23)C1. The van der Waals surface area contributed by atoms with Crippen LogP contribution in [0.4, 0.5) is 23.0 Å². The van der Waals surface area contributed by atoms with Gasteiger partial charge >= 0.3 is 5.97 Å². The van der Waals surface area contributed by atoms with Crippen LogP contribution in [0.2, 0.25) is 0 Å². The number of aromatic nitrogens is 8. The predicted octanol–water partition coefficient (Wildman–Crippen LogP) is 6.62. The minimum Gasteiger partial charge on any atom is -0.481 e. The van der Waals surface area contributed by atoms with Gasteiger partial charge in [-0.1, -0.05) is 0 Å². The molecule has 17 heteroatoms. The van der Waals surface area contributed by atoms with Gasteiger partial charge in [-0.15, -0.1) is 22.7 Å². The van der Waals surface area contributed by atoms with E-state index < -0.39 is 5.97 Å². The summed E-state index contributed by atoms with van der Waals surface area (Å²) in [5.74, 6) is 0.974. The van der Waals surface area contributed by atoms with Gasteiger partial charge in [0.25, 0.3) is 0 Å². The predicted molar refractivity (Wildman–Crippen MR) is 229 cm³/mol. The Labute approximate surface area is 346 Å². The average Bonchev–Trinajstić information content (AvgIpc) is 4.09. The van der Waals surface area contributed by atoms with Gasteiger partial charge in [-0.25, -0.2) is 29.0 Å². The Morgan fingerprint density at radius 3 is 1.81 bits per heavy atom. The number of likely N-dealkylation sites (N-methyl/N-ethyl adjacent to an activating group) is 1. The summed E-state index contributed by atoms with van der Waals surface area (Å²) in [5.41, 5.74) is 6.42. The monoisotopic (exact) mass is 826 g/mol. The van der Waals surface area contributed by atoms with E-state index in [1.165, 1.54) is 16.0 Å². The van der Waals surface area contributed by atoms with Crippen molar-refractivity contribution in [3.63, 3.8) is 0 Å². The Bertz CT molecular complexity index is 2880. The van der Waals surface area contributed by atoms with Crippen LogP contribution in [0.3, 0.4) is 0 Å². The van der Waals surface area contributed by atoms with E-state index in [4.69, 9.17) is 0 Å². The number of carboxylic acid groups (broad SMARTS) is 1. The van der Waals surface area contributed by atoms with E-state index in [1.54, 1.807) is 52.2 Å². The van der Waals surface area contributed by atoms with E-state index in [1.807, 2.05) is 47.2 Å². The number of fused-ring (bicyclic) bond motifs is 8. The van der Waals surface area contributed by atoms with Gasteiger partial charge in [-0.2, -0.15) is 10.2 Å². The Hall–Kier alpha value is -6.04. The molecule has 2 aliphatic carbocycles. The molecule has 1 fully saturated rings. The fourth-order valence-electron chi connectivity index (χ4n) is 8.73. The van der Waals surface area contributed by atoms with Crippen LogP contribution < -0.4 is 10.6 Å². The molecule has 9 heterocycles. The van der Waals surface area contributed by atoms with Gasteiger partial charge in [0.15, 0.2) is 0 Å². The maximum atomic E-state index is 13.3. The summed E-state index contributed by atoms with van der Waals surface area (Å²) in [6.45, 7) is 1.72. The third kappa shape index (κ3) is 7.12. The van der Waals surface area contributed by atoms with Gasteiger partial charge in [0.2, 0.25) is 5.91 Å². The number of nitrogens with one attached hydrogen (secondary N) is 2. The van der Waals surface area contributed by atoms with E-state index >= 15 is 0 Å². The van der Waals surface area contributed by atoms with Gasteiger partial charge in [-0.05, 0) is 107 Å². The highest BCUT2D eigenvalue weighted by atomic mass is 32.1. The van der Waals surface area contributed by atoms with Crippen LogP contribution in [0.1, 0.15) is 40.1 Å². The normalized spacial score (nSPS) is 18.9.